The first-order valence-corrected chi connectivity index (χ1v) is 7.52. The van der Waals surface area contributed by atoms with Gasteiger partial charge in [0.1, 0.15) is 11.0 Å². The minimum atomic E-state index is -0.179. The van der Waals surface area contributed by atoms with Crippen molar-refractivity contribution in [3.8, 4) is 0 Å². The Hall–Kier alpha value is -2.24. The average molecular weight is 334 g/mol. The molecule has 0 radical (unpaired) electrons. The summed E-state index contributed by atoms with van der Waals surface area (Å²) in [7, 11) is 0. The number of nitrogens with two attached hydrogens (primary N) is 1. The SMILES string of the molecule is NC1=[NH+][C@H](c2ccc(Cl)c(Cl)c2)[n+]2c([nH]c3ccccc32)N1. The van der Waals surface area contributed by atoms with Crippen molar-refractivity contribution in [2.75, 3.05) is 5.32 Å². The van der Waals surface area contributed by atoms with Crippen molar-refractivity contribution in [3.63, 3.8) is 0 Å². The van der Waals surface area contributed by atoms with E-state index in [9.17, 15) is 0 Å². The average Bonchev–Trinajstić information content (AvgIpc) is 2.87. The largest absolute Gasteiger partial charge is 0.368 e. The number of anilines is 1. The molecule has 0 aliphatic carbocycles. The maximum absolute atomic E-state index is 6.16. The second-order valence-corrected chi connectivity index (χ2v) is 5.93. The number of para-hydroxylation sites is 2. The summed E-state index contributed by atoms with van der Waals surface area (Å²) in [5, 5.41) is 4.15. The highest BCUT2D eigenvalue weighted by molar-refractivity contribution is 6.42. The van der Waals surface area contributed by atoms with Crippen molar-refractivity contribution < 1.29 is 9.56 Å². The van der Waals surface area contributed by atoms with Crippen LogP contribution in [0.5, 0.6) is 0 Å². The Labute approximate surface area is 136 Å². The van der Waals surface area contributed by atoms with Crippen LogP contribution in [0, 0.1) is 0 Å². The molecule has 22 heavy (non-hydrogen) atoms. The fourth-order valence-corrected chi connectivity index (χ4v) is 3.05. The molecule has 0 unspecified atom stereocenters. The third kappa shape index (κ3) is 2.01. The molecule has 0 saturated carbocycles. The molecule has 0 amide bonds. The van der Waals surface area contributed by atoms with Crippen molar-refractivity contribution >= 4 is 46.1 Å². The van der Waals surface area contributed by atoms with Crippen LogP contribution in [0.15, 0.2) is 42.5 Å². The first-order valence-electron chi connectivity index (χ1n) is 6.76. The van der Waals surface area contributed by atoms with Crippen molar-refractivity contribution in [2.45, 2.75) is 6.17 Å². The third-order valence-corrected chi connectivity index (χ3v) is 4.46. The van der Waals surface area contributed by atoms with Crippen LogP contribution < -0.4 is 20.6 Å². The molecule has 0 bridgehead atoms. The lowest BCUT2D eigenvalue weighted by molar-refractivity contribution is -0.840. The zero-order chi connectivity index (χ0) is 15.3. The summed E-state index contributed by atoms with van der Waals surface area (Å²) < 4.78 is 2.10. The van der Waals surface area contributed by atoms with Crippen molar-refractivity contribution in [2.24, 2.45) is 5.73 Å². The first kappa shape index (κ1) is 13.4. The predicted molar refractivity (Wildman–Crippen MR) is 86.9 cm³/mol. The van der Waals surface area contributed by atoms with E-state index in [1.807, 2.05) is 36.4 Å². The molecule has 1 aliphatic heterocycles. The zero-order valence-corrected chi connectivity index (χ0v) is 12.9. The van der Waals surface area contributed by atoms with E-state index in [-0.39, 0.29) is 6.17 Å². The monoisotopic (exact) mass is 333 g/mol. The van der Waals surface area contributed by atoms with Crippen LogP contribution in [0.4, 0.5) is 5.95 Å². The highest BCUT2D eigenvalue weighted by Crippen LogP contribution is 2.25. The first-order chi connectivity index (χ1) is 10.6. The molecule has 1 aromatic heterocycles. The summed E-state index contributed by atoms with van der Waals surface area (Å²) in [6.07, 6.45) is -0.179. The number of fused-ring (bicyclic) bond motifs is 3. The number of hydrogen-bond acceptors (Lipinski definition) is 2. The van der Waals surface area contributed by atoms with E-state index in [0.29, 0.717) is 16.0 Å². The van der Waals surface area contributed by atoms with Crippen LogP contribution in [-0.4, -0.2) is 10.9 Å². The second-order valence-electron chi connectivity index (χ2n) is 5.12. The number of guanidine groups is 1. The predicted octanol–water partition coefficient (Wildman–Crippen LogP) is 1.13. The normalized spacial score (nSPS) is 17.0. The molecule has 0 spiro atoms. The minimum absolute atomic E-state index is 0.179. The Morgan fingerprint density at radius 2 is 1.91 bits per heavy atom. The van der Waals surface area contributed by atoms with Gasteiger partial charge in [0.15, 0.2) is 0 Å². The summed E-state index contributed by atoms with van der Waals surface area (Å²) in [6.45, 7) is 0. The van der Waals surface area contributed by atoms with Gasteiger partial charge in [0.25, 0.3) is 0 Å². The number of nitrogens with one attached hydrogen (secondary N) is 3. The number of rotatable bonds is 1. The van der Waals surface area contributed by atoms with Gasteiger partial charge in [-0.1, -0.05) is 41.4 Å². The van der Waals surface area contributed by atoms with Gasteiger partial charge in [0.05, 0.1) is 10.0 Å². The van der Waals surface area contributed by atoms with Crippen molar-refractivity contribution in [3.05, 3.63) is 58.1 Å². The van der Waals surface area contributed by atoms with Gasteiger partial charge >= 0.3 is 11.9 Å². The van der Waals surface area contributed by atoms with Gasteiger partial charge < -0.3 is 0 Å². The van der Waals surface area contributed by atoms with Gasteiger partial charge in [-0.15, -0.1) is 0 Å². The number of aromatic nitrogens is 2. The van der Waals surface area contributed by atoms with Gasteiger partial charge in [0.2, 0.25) is 6.17 Å². The number of nitrogens with zero attached hydrogens (tertiary/aromatic N) is 1. The summed E-state index contributed by atoms with van der Waals surface area (Å²) >= 11 is 12.2. The van der Waals surface area contributed by atoms with Gasteiger partial charge in [-0.25, -0.2) is 9.98 Å². The fraction of sp³-hybridized carbons (Fsp3) is 0.0667. The van der Waals surface area contributed by atoms with Crippen molar-refractivity contribution in [1.82, 2.24) is 4.98 Å². The van der Waals surface area contributed by atoms with E-state index >= 15 is 0 Å². The van der Waals surface area contributed by atoms with E-state index in [2.05, 4.69) is 19.9 Å². The molecule has 1 atom stereocenters. The Balaban J connectivity index is 1.96. The number of halogens is 2. The van der Waals surface area contributed by atoms with Crippen LogP contribution in [0.3, 0.4) is 0 Å². The topological polar surface area (TPSA) is 71.7 Å². The van der Waals surface area contributed by atoms with Crippen LogP contribution in [0.1, 0.15) is 11.7 Å². The zero-order valence-electron chi connectivity index (χ0n) is 11.4. The van der Waals surface area contributed by atoms with E-state index < -0.39 is 0 Å². The Kier molecular flexibility index (Phi) is 2.99. The number of aromatic amines is 1. The quantitative estimate of drug-likeness (QED) is 0.504. The van der Waals surface area contributed by atoms with Crippen LogP contribution in [-0.2, 0) is 0 Å². The summed E-state index contributed by atoms with van der Waals surface area (Å²) in [6, 6.07) is 13.6. The lowest BCUT2D eigenvalue weighted by Gasteiger charge is -2.17. The molecular weight excluding hydrogens is 321 g/mol. The maximum Gasteiger partial charge on any atom is 0.368 e. The number of benzene rings is 2. The number of imidazole rings is 1. The van der Waals surface area contributed by atoms with Crippen molar-refractivity contribution in [1.29, 1.82) is 0 Å². The summed E-state index contributed by atoms with van der Waals surface area (Å²) in [5.74, 6) is 1.29. The molecule has 0 fully saturated rings. The Morgan fingerprint density at radius 1 is 1.09 bits per heavy atom. The third-order valence-electron chi connectivity index (χ3n) is 3.72. The van der Waals surface area contributed by atoms with E-state index in [1.165, 1.54) is 0 Å². The van der Waals surface area contributed by atoms with E-state index in [4.69, 9.17) is 28.9 Å². The number of H-pyrrole nitrogens is 1. The van der Waals surface area contributed by atoms with Crippen LogP contribution in [0.25, 0.3) is 11.0 Å². The van der Waals surface area contributed by atoms with Gasteiger partial charge in [-0.2, -0.15) is 9.88 Å². The van der Waals surface area contributed by atoms with E-state index in [0.717, 1.165) is 22.5 Å². The lowest BCUT2D eigenvalue weighted by Crippen LogP contribution is -2.88. The molecule has 3 aromatic rings. The fourth-order valence-electron chi connectivity index (χ4n) is 2.75. The molecule has 0 saturated heterocycles. The second kappa shape index (κ2) is 4.90. The molecule has 4 rings (SSSR count). The highest BCUT2D eigenvalue weighted by Gasteiger charge is 2.32. The molecule has 5 N–H and O–H groups in total. The minimum Gasteiger partial charge on any atom is -0.290 e. The molecule has 2 heterocycles. The van der Waals surface area contributed by atoms with Crippen LogP contribution >= 0.6 is 23.2 Å². The summed E-state index contributed by atoms with van der Waals surface area (Å²) in [4.78, 5) is 6.56. The molecular formula is C15H13Cl2N5+2. The molecule has 7 heteroatoms. The highest BCUT2D eigenvalue weighted by atomic mass is 35.5. The lowest BCUT2D eigenvalue weighted by atomic mass is 10.1. The molecule has 1 aliphatic rings. The summed E-state index contributed by atoms with van der Waals surface area (Å²) in [5.41, 5.74) is 9.01. The van der Waals surface area contributed by atoms with Gasteiger partial charge in [-0.3, -0.25) is 5.73 Å². The van der Waals surface area contributed by atoms with Crippen LogP contribution in [0.2, 0.25) is 10.0 Å². The standard InChI is InChI=1S/C15H11Cl2N5/c16-9-6-5-8(7-10(9)17)13-20-14(18)21-15-19-11-3-1-2-4-12(11)22(13)15/h1-7,13H,(H3,18,19,20,21)/p+2/t13-/m0/s1. The Morgan fingerprint density at radius 3 is 2.73 bits per heavy atom. The Bertz CT molecular complexity index is 915. The molecule has 5 nitrogen and oxygen atoms in total. The molecule has 2 aromatic carbocycles. The molecule has 110 valence electrons. The van der Waals surface area contributed by atoms with Gasteiger partial charge in [-0.05, 0) is 24.3 Å². The van der Waals surface area contributed by atoms with Gasteiger partial charge in [0, 0.05) is 5.56 Å². The maximum atomic E-state index is 6.16. The van der Waals surface area contributed by atoms with E-state index in [1.54, 1.807) is 6.07 Å². The number of hydrogen-bond donors (Lipinski definition) is 4. The smallest absolute Gasteiger partial charge is 0.290 e.